The van der Waals surface area contributed by atoms with Crippen molar-refractivity contribution in [2.75, 3.05) is 11.6 Å². The van der Waals surface area contributed by atoms with Gasteiger partial charge in [-0.15, -0.1) is 11.8 Å². The number of amides is 1. The van der Waals surface area contributed by atoms with Crippen LogP contribution in [-0.2, 0) is 11.3 Å². The molecule has 4 aromatic rings. The Hall–Kier alpha value is -2.58. The van der Waals surface area contributed by atoms with Crippen molar-refractivity contribution in [1.82, 2.24) is 9.55 Å². The first kappa shape index (κ1) is 15.9. The largest absolute Gasteiger partial charge is 0.420 e. The second-order valence-electron chi connectivity index (χ2n) is 5.30. The number of thiazole rings is 1. The molecule has 0 saturated heterocycles. The molecule has 0 aliphatic carbocycles. The molecule has 8 heteroatoms. The quantitative estimate of drug-likeness (QED) is 0.555. The number of para-hydroxylation sites is 3. The average molecular weight is 371 g/mol. The molecule has 25 heavy (non-hydrogen) atoms. The van der Waals surface area contributed by atoms with Crippen molar-refractivity contribution >= 4 is 55.5 Å². The number of aromatic nitrogens is 2. The molecule has 4 rings (SSSR count). The molecule has 2 aromatic heterocycles. The van der Waals surface area contributed by atoms with Crippen molar-refractivity contribution in [1.29, 1.82) is 0 Å². The summed E-state index contributed by atoms with van der Waals surface area (Å²) in [6.07, 6.45) is 1.99. The normalized spacial score (nSPS) is 11.2. The summed E-state index contributed by atoms with van der Waals surface area (Å²) in [4.78, 5) is 29.9. The van der Waals surface area contributed by atoms with Crippen molar-refractivity contribution in [3.63, 3.8) is 0 Å². The van der Waals surface area contributed by atoms with Gasteiger partial charge < -0.3 is 9.73 Å². The Labute approximate surface area is 150 Å². The van der Waals surface area contributed by atoms with Crippen molar-refractivity contribution in [2.24, 2.45) is 0 Å². The minimum absolute atomic E-state index is 0.124. The Morgan fingerprint density at radius 1 is 1.28 bits per heavy atom. The summed E-state index contributed by atoms with van der Waals surface area (Å²) in [6, 6.07) is 12.9. The fraction of sp³-hybridized carbons (Fsp3) is 0.118. The van der Waals surface area contributed by atoms with Crippen LogP contribution < -0.4 is 11.1 Å². The highest BCUT2D eigenvalue weighted by atomic mass is 32.2. The number of hydrogen-bond donors (Lipinski definition) is 1. The number of fused-ring (bicyclic) bond motifs is 2. The fourth-order valence-corrected chi connectivity index (χ4v) is 4.14. The summed E-state index contributed by atoms with van der Waals surface area (Å²) < 4.78 is 7.46. The molecular weight excluding hydrogens is 358 g/mol. The zero-order valence-corrected chi connectivity index (χ0v) is 14.8. The maximum atomic E-state index is 12.4. The minimum Gasteiger partial charge on any atom is -0.408 e. The van der Waals surface area contributed by atoms with Crippen LogP contribution in [0.5, 0.6) is 0 Å². The maximum absolute atomic E-state index is 12.4. The van der Waals surface area contributed by atoms with Crippen LogP contribution in [0.3, 0.4) is 0 Å². The van der Waals surface area contributed by atoms with Gasteiger partial charge in [-0.25, -0.2) is 9.78 Å². The lowest BCUT2D eigenvalue weighted by Crippen LogP contribution is -2.24. The molecule has 0 aliphatic heterocycles. The third-order valence-corrected chi connectivity index (χ3v) is 5.43. The van der Waals surface area contributed by atoms with Crippen LogP contribution in [-0.4, -0.2) is 21.7 Å². The van der Waals surface area contributed by atoms with Crippen LogP contribution >= 0.6 is 23.1 Å². The monoisotopic (exact) mass is 371 g/mol. The number of rotatable bonds is 4. The predicted molar refractivity (Wildman–Crippen MR) is 101 cm³/mol. The summed E-state index contributed by atoms with van der Waals surface area (Å²) in [5.74, 6) is -0.872. The first-order valence-corrected chi connectivity index (χ1v) is 9.51. The second kappa shape index (κ2) is 6.38. The highest BCUT2D eigenvalue weighted by Gasteiger charge is 2.14. The van der Waals surface area contributed by atoms with Gasteiger partial charge in [-0.1, -0.05) is 29.5 Å². The summed E-state index contributed by atoms with van der Waals surface area (Å²) in [5.41, 5.74) is 1.93. The SMILES string of the molecule is CSc1cccc2sc(NC(=O)Cn3c(=O)oc4ccccc43)nc12. The van der Waals surface area contributed by atoms with Crippen LogP contribution in [0.2, 0.25) is 0 Å². The van der Waals surface area contributed by atoms with E-state index in [0.717, 1.165) is 15.1 Å². The summed E-state index contributed by atoms with van der Waals surface area (Å²) >= 11 is 3.02. The molecule has 0 bridgehead atoms. The van der Waals surface area contributed by atoms with Crippen LogP contribution in [0.15, 0.2) is 56.6 Å². The van der Waals surface area contributed by atoms with Gasteiger partial charge in [-0.05, 0) is 30.5 Å². The van der Waals surface area contributed by atoms with Gasteiger partial charge >= 0.3 is 5.76 Å². The van der Waals surface area contributed by atoms with E-state index in [2.05, 4.69) is 10.3 Å². The molecule has 0 atom stereocenters. The molecule has 0 spiro atoms. The first-order valence-electron chi connectivity index (χ1n) is 7.47. The Bertz CT molecular complexity index is 1140. The predicted octanol–water partition coefficient (Wildman–Crippen LogP) is 3.56. The molecule has 2 aromatic carbocycles. The molecule has 0 fully saturated rings. The lowest BCUT2D eigenvalue weighted by atomic mass is 10.3. The Kier molecular flexibility index (Phi) is 4.06. The van der Waals surface area contributed by atoms with E-state index in [4.69, 9.17) is 4.42 Å². The smallest absolute Gasteiger partial charge is 0.408 e. The molecule has 0 aliphatic rings. The number of oxazole rings is 1. The third kappa shape index (κ3) is 2.94. The number of nitrogens with zero attached hydrogens (tertiary/aromatic N) is 2. The van der Waals surface area contributed by atoms with Gasteiger partial charge in [-0.3, -0.25) is 9.36 Å². The van der Waals surface area contributed by atoms with Gasteiger partial charge in [0, 0.05) is 4.90 Å². The summed E-state index contributed by atoms with van der Waals surface area (Å²) in [5, 5.41) is 3.29. The van der Waals surface area contributed by atoms with Gasteiger partial charge in [-0.2, -0.15) is 0 Å². The first-order chi connectivity index (χ1) is 12.2. The third-order valence-electron chi connectivity index (χ3n) is 3.72. The van der Waals surface area contributed by atoms with E-state index in [1.165, 1.54) is 15.9 Å². The van der Waals surface area contributed by atoms with E-state index < -0.39 is 5.76 Å². The van der Waals surface area contributed by atoms with E-state index >= 15 is 0 Å². The van der Waals surface area contributed by atoms with Crippen molar-refractivity contribution in [3.05, 3.63) is 53.0 Å². The lowest BCUT2D eigenvalue weighted by Gasteiger charge is -2.02. The zero-order valence-electron chi connectivity index (χ0n) is 13.2. The number of anilines is 1. The van der Waals surface area contributed by atoms with Crippen LogP contribution in [0.1, 0.15) is 0 Å². The van der Waals surface area contributed by atoms with E-state index in [0.29, 0.717) is 16.2 Å². The van der Waals surface area contributed by atoms with Gasteiger partial charge in [0.1, 0.15) is 6.54 Å². The molecule has 0 radical (unpaired) electrons. The van der Waals surface area contributed by atoms with Crippen molar-refractivity contribution in [2.45, 2.75) is 11.4 Å². The van der Waals surface area contributed by atoms with E-state index in [1.807, 2.05) is 24.5 Å². The minimum atomic E-state index is -0.551. The number of hydrogen-bond acceptors (Lipinski definition) is 6. The van der Waals surface area contributed by atoms with Crippen molar-refractivity contribution in [3.8, 4) is 0 Å². The van der Waals surface area contributed by atoms with E-state index in [-0.39, 0.29) is 12.5 Å². The second-order valence-corrected chi connectivity index (χ2v) is 7.17. The molecule has 1 N–H and O–H groups in total. The number of carbonyl (C=O) groups is 1. The maximum Gasteiger partial charge on any atom is 0.420 e. The molecule has 126 valence electrons. The van der Waals surface area contributed by atoms with Crippen molar-refractivity contribution < 1.29 is 9.21 Å². The van der Waals surface area contributed by atoms with E-state index in [9.17, 15) is 9.59 Å². The zero-order chi connectivity index (χ0) is 17.4. The Morgan fingerprint density at radius 2 is 2.12 bits per heavy atom. The number of thioether (sulfide) groups is 1. The lowest BCUT2D eigenvalue weighted by molar-refractivity contribution is -0.116. The fourth-order valence-electron chi connectivity index (χ4n) is 2.61. The molecule has 2 heterocycles. The van der Waals surface area contributed by atoms with Crippen LogP contribution in [0.25, 0.3) is 21.3 Å². The highest BCUT2D eigenvalue weighted by molar-refractivity contribution is 7.98. The number of carbonyl (C=O) groups excluding carboxylic acids is 1. The molecule has 0 saturated carbocycles. The standard InChI is InChI=1S/C17H13N3O3S2/c1-24-12-7-4-8-13-15(12)19-16(25-13)18-14(21)9-20-10-5-2-3-6-11(10)23-17(20)22/h2-8H,9H2,1H3,(H,18,19,21). The number of benzene rings is 2. The highest BCUT2D eigenvalue weighted by Crippen LogP contribution is 2.32. The Balaban J connectivity index is 1.60. The van der Waals surface area contributed by atoms with Crippen LogP contribution in [0.4, 0.5) is 5.13 Å². The van der Waals surface area contributed by atoms with Gasteiger partial charge in [0.25, 0.3) is 0 Å². The van der Waals surface area contributed by atoms with E-state index in [1.54, 1.807) is 36.0 Å². The molecular formula is C17H13N3O3S2. The van der Waals surface area contributed by atoms with Crippen LogP contribution in [0, 0.1) is 0 Å². The molecule has 1 amide bonds. The Morgan fingerprint density at radius 3 is 2.96 bits per heavy atom. The molecule has 6 nitrogen and oxygen atoms in total. The van der Waals surface area contributed by atoms with Gasteiger partial charge in [0.2, 0.25) is 5.91 Å². The molecule has 0 unspecified atom stereocenters. The average Bonchev–Trinajstić information content (AvgIpc) is 3.15. The summed E-state index contributed by atoms with van der Waals surface area (Å²) in [6.45, 7) is -0.124. The number of nitrogens with one attached hydrogen (secondary N) is 1. The van der Waals surface area contributed by atoms with Gasteiger partial charge in [0.05, 0.1) is 15.7 Å². The van der Waals surface area contributed by atoms with Gasteiger partial charge in [0.15, 0.2) is 10.7 Å². The summed E-state index contributed by atoms with van der Waals surface area (Å²) in [7, 11) is 0. The topological polar surface area (TPSA) is 77.1 Å².